The number of aromatic nitrogens is 2. The number of rotatable bonds is 4. The van der Waals surface area contributed by atoms with Gasteiger partial charge in [-0.25, -0.2) is 0 Å². The van der Waals surface area contributed by atoms with Crippen LogP contribution in [0.25, 0.3) is 0 Å². The third-order valence-corrected chi connectivity index (χ3v) is 3.90. The molecule has 1 heterocycles. The van der Waals surface area contributed by atoms with E-state index < -0.39 is 0 Å². The van der Waals surface area contributed by atoms with E-state index in [0.29, 0.717) is 11.7 Å². The third-order valence-electron chi connectivity index (χ3n) is 3.90. The van der Waals surface area contributed by atoms with Crippen LogP contribution in [0.4, 0.5) is 0 Å². The second kappa shape index (κ2) is 5.36. The molecule has 0 unspecified atom stereocenters. The van der Waals surface area contributed by atoms with Gasteiger partial charge in [0.05, 0.1) is 6.04 Å². The second-order valence-corrected chi connectivity index (χ2v) is 5.49. The van der Waals surface area contributed by atoms with Gasteiger partial charge in [0.2, 0.25) is 11.7 Å². The minimum Gasteiger partial charge on any atom is -0.370 e. The average molecular weight is 253 g/mol. The molecule has 1 fully saturated rings. The predicted molar refractivity (Wildman–Crippen MR) is 67.8 cm³/mol. The first-order valence-corrected chi connectivity index (χ1v) is 6.74. The van der Waals surface area contributed by atoms with E-state index in [4.69, 9.17) is 15.0 Å². The van der Waals surface area contributed by atoms with E-state index in [2.05, 4.69) is 10.1 Å². The minimum atomic E-state index is -0.364. The van der Waals surface area contributed by atoms with E-state index in [-0.39, 0.29) is 17.6 Å². The Morgan fingerprint density at radius 3 is 2.50 bits per heavy atom. The summed E-state index contributed by atoms with van der Waals surface area (Å²) >= 11 is 0. The van der Waals surface area contributed by atoms with Crippen molar-refractivity contribution in [2.75, 3.05) is 7.11 Å². The molecule has 0 aliphatic heterocycles. The van der Waals surface area contributed by atoms with Crippen LogP contribution < -0.4 is 5.73 Å². The van der Waals surface area contributed by atoms with E-state index in [0.717, 1.165) is 25.7 Å². The van der Waals surface area contributed by atoms with Crippen LogP contribution >= 0.6 is 0 Å². The lowest BCUT2D eigenvalue weighted by Gasteiger charge is -2.32. The lowest BCUT2D eigenvalue weighted by Crippen LogP contribution is -2.32. The SMILES string of the molecule is COC1(c2noc([C@H](N)C(C)C)n2)CCCCC1. The van der Waals surface area contributed by atoms with Gasteiger partial charge >= 0.3 is 0 Å². The highest BCUT2D eigenvalue weighted by molar-refractivity contribution is 5.05. The minimum absolute atomic E-state index is 0.205. The highest BCUT2D eigenvalue weighted by atomic mass is 16.5. The van der Waals surface area contributed by atoms with Crippen molar-refractivity contribution >= 4 is 0 Å². The number of nitrogens with two attached hydrogens (primary N) is 1. The Balaban J connectivity index is 2.22. The Kier molecular flexibility index (Phi) is 4.02. The Labute approximate surface area is 108 Å². The molecule has 5 heteroatoms. The van der Waals surface area contributed by atoms with Gasteiger partial charge in [-0.3, -0.25) is 0 Å². The first-order chi connectivity index (χ1) is 8.59. The van der Waals surface area contributed by atoms with Gasteiger partial charge in [-0.15, -0.1) is 0 Å². The van der Waals surface area contributed by atoms with Crippen LogP contribution in [0.15, 0.2) is 4.52 Å². The van der Waals surface area contributed by atoms with Gasteiger partial charge in [-0.2, -0.15) is 4.98 Å². The van der Waals surface area contributed by atoms with Crippen molar-refractivity contribution in [2.45, 2.75) is 57.6 Å². The molecule has 0 amide bonds. The molecule has 1 aliphatic rings. The predicted octanol–water partition coefficient (Wildman–Crippen LogP) is 2.53. The molecule has 1 aliphatic carbocycles. The van der Waals surface area contributed by atoms with Crippen LogP contribution in [0.5, 0.6) is 0 Å². The van der Waals surface area contributed by atoms with E-state index >= 15 is 0 Å². The summed E-state index contributed by atoms with van der Waals surface area (Å²) in [5, 5.41) is 4.10. The van der Waals surface area contributed by atoms with Crippen molar-refractivity contribution < 1.29 is 9.26 Å². The van der Waals surface area contributed by atoms with Crippen LogP contribution in [-0.2, 0) is 10.3 Å². The van der Waals surface area contributed by atoms with Gasteiger partial charge in [-0.1, -0.05) is 38.3 Å². The van der Waals surface area contributed by atoms with Gasteiger partial charge < -0.3 is 15.0 Å². The third kappa shape index (κ3) is 2.42. The number of hydrogen-bond acceptors (Lipinski definition) is 5. The smallest absolute Gasteiger partial charge is 0.243 e. The number of ether oxygens (including phenoxy) is 1. The molecule has 0 spiro atoms. The molecular weight excluding hydrogens is 230 g/mol. The van der Waals surface area contributed by atoms with Crippen LogP contribution in [0.2, 0.25) is 0 Å². The molecule has 1 aromatic rings. The molecular formula is C13H23N3O2. The van der Waals surface area contributed by atoms with E-state index in [1.54, 1.807) is 7.11 Å². The fourth-order valence-electron chi connectivity index (χ4n) is 2.48. The topological polar surface area (TPSA) is 74.2 Å². The molecule has 0 saturated heterocycles. The highest BCUT2D eigenvalue weighted by Crippen LogP contribution is 2.38. The van der Waals surface area contributed by atoms with Gasteiger partial charge in [0.1, 0.15) is 5.60 Å². The molecule has 18 heavy (non-hydrogen) atoms. The van der Waals surface area contributed by atoms with Crippen molar-refractivity contribution in [3.8, 4) is 0 Å². The molecule has 2 rings (SSSR count). The number of nitrogens with zero attached hydrogens (tertiary/aromatic N) is 2. The largest absolute Gasteiger partial charge is 0.370 e. The summed E-state index contributed by atoms with van der Waals surface area (Å²) in [4.78, 5) is 4.47. The Hall–Kier alpha value is -0.940. The van der Waals surface area contributed by atoms with Crippen molar-refractivity contribution in [2.24, 2.45) is 11.7 Å². The molecule has 0 radical (unpaired) electrons. The monoisotopic (exact) mass is 253 g/mol. The average Bonchev–Trinajstić information content (AvgIpc) is 2.88. The van der Waals surface area contributed by atoms with Crippen LogP contribution in [0.1, 0.15) is 63.7 Å². The van der Waals surface area contributed by atoms with Gasteiger partial charge in [0, 0.05) is 7.11 Å². The van der Waals surface area contributed by atoms with Crippen molar-refractivity contribution in [3.63, 3.8) is 0 Å². The van der Waals surface area contributed by atoms with Crippen molar-refractivity contribution in [3.05, 3.63) is 11.7 Å². The van der Waals surface area contributed by atoms with Crippen LogP contribution in [-0.4, -0.2) is 17.3 Å². The molecule has 2 N–H and O–H groups in total. The Bertz CT molecular complexity index is 383. The lowest BCUT2D eigenvalue weighted by atomic mass is 9.84. The maximum absolute atomic E-state index is 6.03. The molecule has 1 saturated carbocycles. The van der Waals surface area contributed by atoms with Crippen molar-refractivity contribution in [1.29, 1.82) is 0 Å². The fraction of sp³-hybridized carbons (Fsp3) is 0.846. The zero-order chi connectivity index (χ0) is 13.2. The lowest BCUT2D eigenvalue weighted by molar-refractivity contribution is -0.0527. The molecule has 0 bridgehead atoms. The molecule has 1 aromatic heterocycles. The summed E-state index contributed by atoms with van der Waals surface area (Å²) in [5.74, 6) is 1.46. The number of hydrogen-bond donors (Lipinski definition) is 1. The normalized spacial score (nSPS) is 21.2. The summed E-state index contributed by atoms with van der Waals surface area (Å²) in [5.41, 5.74) is 5.66. The summed E-state index contributed by atoms with van der Waals surface area (Å²) < 4.78 is 11.0. The summed E-state index contributed by atoms with van der Waals surface area (Å²) in [6.07, 6.45) is 5.46. The van der Waals surface area contributed by atoms with E-state index in [1.807, 2.05) is 13.8 Å². The molecule has 1 atom stereocenters. The quantitative estimate of drug-likeness (QED) is 0.892. The van der Waals surface area contributed by atoms with Gasteiger partial charge in [-0.05, 0) is 18.8 Å². The van der Waals surface area contributed by atoms with E-state index in [1.165, 1.54) is 6.42 Å². The molecule has 0 aromatic carbocycles. The van der Waals surface area contributed by atoms with Gasteiger partial charge in [0.15, 0.2) is 0 Å². The standard InChI is InChI=1S/C13H23N3O2/c1-9(2)10(14)11-15-12(16-18-11)13(17-3)7-5-4-6-8-13/h9-10H,4-8,14H2,1-3H3/t10-/m1/s1. The second-order valence-electron chi connectivity index (χ2n) is 5.49. The Morgan fingerprint density at radius 2 is 1.94 bits per heavy atom. The van der Waals surface area contributed by atoms with Crippen LogP contribution in [0.3, 0.4) is 0 Å². The fourth-order valence-corrected chi connectivity index (χ4v) is 2.48. The zero-order valence-corrected chi connectivity index (χ0v) is 11.5. The zero-order valence-electron chi connectivity index (χ0n) is 11.5. The number of methoxy groups -OCH3 is 1. The van der Waals surface area contributed by atoms with Crippen LogP contribution in [0, 0.1) is 5.92 Å². The van der Waals surface area contributed by atoms with E-state index in [9.17, 15) is 0 Å². The molecule has 5 nitrogen and oxygen atoms in total. The summed E-state index contributed by atoms with van der Waals surface area (Å²) in [7, 11) is 1.73. The summed E-state index contributed by atoms with van der Waals surface area (Å²) in [6.45, 7) is 4.09. The summed E-state index contributed by atoms with van der Waals surface area (Å²) in [6, 6.07) is -0.205. The van der Waals surface area contributed by atoms with Crippen molar-refractivity contribution in [1.82, 2.24) is 10.1 Å². The maximum Gasteiger partial charge on any atom is 0.243 e. The maximum atomic E-state index is 6.03. The first kappa shape index (κ1) is 13.5. The first-order valence-electron chi connectivity index (χ1n) is 6.74. The molecule has 102 valence electrons. The Morgan fingerprint density at radius 1 is 1.28 bits per heavy atom. The highest BCUT2D eigenvalue weighted by Gasteiger charge is 2.39. The van der Waals surface area contributed by atoms with Gasteiger partial charge in [0.25, 0.3) is 0 Å².